The third-order valence-corrected chi connectivity index (χ3v) is 5.39. The van der Waals surface area contributed by atoms with Crippen molar-refractivity contribution in [1.82, 2.24) is 9.97 Å². The first-order valence-corrected chi connectivity index (χ1v) is 10.2. The van der Waals surface area contributed by atoms with E-state index in [1.54, 1.807) is 17.8 Å². The highest BCUT2D eigenvalue weighted by atomic mass is 32.2. The van der Waals surface area contributed by atoms with Crippen LogP contribution in [0, 0.1) is 0 Å². The Balaban J connectivity index is 0.00000300. The number of ketones is 1. The molecule has 0 saturated carbocycles. The Labute approximate surface area is 176 Å². The zero-order valence-corrected chi connectivity index (χ0v) is 16.7. The van der Waals surface area contributed by atoms with Gasteiger partial charge in [-0.25, -0.2) is 9.97 Å². The number of aromatic nitrogens is 2. The minimum Gasteiger partial charge on any atom is -0.476 e. The van der Waals surface area contributed by atoms with Crippen LogP contribution < -0.4 is 10.5 Å². The molecule has 1 aliphatic rings. The molecule has 0 aliphatic carbocycles. The summed E-state index contributed by atoms with van der Waals surface area (Å²) < 4.78 is 5.42. The normalized spacial score (nSPS) is 18.3. The molecule has 1 aliphatic heterocycles. The lowest BCUT2D eigenvalue weighted by Gasteiger charge is -2.30. The Morgan fingerprint density at radius 1 is 1.38 bits per heavy atom. The van der Waals surface area contributed by atoms with Gasteiger partial charge in [-0.05, 0) is 30.9 Å². The summed E-state index contributed by atoms with van der Waals surface area (Å²) in [4.78, 5) is 25.6. The van der Waals surface area contributed by atoms with E-state index in [1.807, 2.05) is 24.3 Å². The van der Waals surface area contributed by atoms with Crippen LogP contribution in [0.3, 0.4) is 0 Å². The summed E-state index contributed by atoms with van der Waals surface area (Å²) in [6, 6.07) is 7.97. The molecular weight excluding hydrogens is 384 g/mol. The second-order valence-electron chi connectivity index (χ2n) is 6.79. The number of benzene rings is 1. The highest BCUT2D eigenvalue weighted by Gasteiger charge is 2.29. The van der Waals surface area contributed by atoms with Crippen molar-refractivity contribution in [1.29, 1.82) is 0 Å². The van der Waals surface area contributed by atoms with Crippen molar-refractivity contribution in [2.24, 2.45) is 10.7 Å². The second-order valence-corrected chi connectivity index (χ2v) is 7.90. The molecule has 7 heteroatoms. The van der Waals surface area contributed by atoms with Crippen LogP contribution in [0.2, 0.25) is 0 Å². The van der Waals surface area contributed by atoms with Crippen LogP contribution in [0.4, 0.5) is 0 Å². The van der Waals surface area contributed by atoms with Gasteiger partial charge in [-0.1, -0.05) is 49.5 Å². The van der Waals surface area contributed by atoms with Gasteiger partial charge >= 0.3 is 0 Å². The zero-order chi connectivity index (χ0) is 20.0. The number of thioether (sulfide) groups is 1. The fourth-order valence-electron chi connectivity index (χ4n) is 2.97. The first-order chi connectivity index (χ1) is 13.5. The van der Waals surface area contributed by atoms with Crippen LogP contribution in [0.15, 0.2) is 54.3 Å². The number of hydrogen-bond donors (Lipinski definition) is 1. The molecule has 6 nitrogen and oxygen atoms in total. The van der Waals surface area contributed by atoms with Crippen LogP contribution in [-0.4, -0.2) is 33.3 Å². The molecule has 0 saturated heterocycles. The summed E-state index contributed by atoms with van der Waals surface area (Å²) in [6.07, 6.45) is 6.60. The van der Waals surface area contributed by atoms with Crippen LogP contribution in [0.5, 0.6) is 5.88 Å². The highest BCUT2D eigenvalue weighted by molar-refractivity contribution is 8.13. The smallest absolute Gasteiger partial charge is 0.232 e. The quantitative estimate of drug-likeness (QED) is 0.398. The molecule has 3 rings (SSSR count). The van der Waals surface area contributed by atoms with Crippen LogP contribution in [-0.2, 0) is 12.0 Å². The van der Waals surface area contributed by atoms with Crippen LogP contribution >= 0.6 is 11.8 Å². The van der Waals surface area contributed by atoms with Gasteiger partial charge in [0.25, 0.3) is 0 Å². The number of ether oxygens (including phenoxy) is 1. The average Bonchev–Trinajstić information content (AvgIpc) is 2.69. The summed E-state index contributed by atoms with van der Waals surface area (Å²) in [5.41, 5.74) is 7.88. The molecule has 1 aromatic heterocycles. The number of amidine groups is 1. The molecule has 1 aromatic carbocycles. The molecule has 1 atom stereocenters. The van der Waals surface area contributed by atoms with E-state index < -0.39 is 0 Å². The first kappa shape index (κ1) is 22.6. The molecule has 0 fully saturated rings. The molecule has 0 unspecified atom stereocenters. The fraction of sp³-hybridized carbons (Fsp3) is 0.364. The number of rotatable bonds is 8. The zero-order valence-electron chi connectivity index (χ0n) is 15.9. The summed E-state index contributed by atoms with van der Waals surface area (Å²) >= 11 is 1.58. The molecular formula is C22H28N4O2S. The van der Waals surface area contributed by atoms with E-state index >= 15 is 0 Å². The number of nitrogens with two attached hydrogens (primary N) is 1. The van der Waals surface area contributed by atoms with Gasteiger partial charge in [-0.3, -0.25) is 9.79 Å². The summed E-state index contributed by atoms with van der Waals surface area (Å²) in [5, 5.41) is 0.612. The standard InChI is InChI=1S/C21H24N4O2S.CH4/c1-3-4-9-27-19-14-23-17(13-24-19)18(26)12-15-6-5-7-16(11-15)21(2)8-10-28-20(22)25-21;/h3,5-7,11,13-14H,1,4,8-10,12H2,2H3,(H2,22,25);1H4/t21-;/m0./s1. The van der Waals surface area contributed by atoms with E-state index in [4.69, 9.17) is 10.5 Å². The van der Waals surface area contributed by atoms with E-state index in [1.165, 1.54) is 12.4 Å². The summed E-state index contributed by atoms with van der Waals surface area (Å²) in [5.74, 6) is 1.25. The topological polar surface area (TPSA) is 90.5 Å². The van der Waals surface area contributed by atoms with Gasteiger partial charge in [0.15, 0.2) is 11.0 Å². The number of hydrogen-bond acceptors (Lipinski definition) is 7. The maximum Gasteiger partial charge on any atom is 0.232 e. The SMILES string of the molecule is C.C=CCCOc1cnc(C(=O)Cc2cccc([C@]3(C)CCSC(N)=N3)c2)cn1. The number of carbonyl (C=O) groups is 1. The van der Waals surface area contributed by atoms with Gasteiger partial charge in [-0.15, -0.1) is 6.58 Å². The lowest BCUT2D eigenvalue weighted by Crippen LogP contribution is -2.28. The fourth-order valence-corrected chi connectivity index (χ4v) is 3.94. The van der Waals surface area contributed by atoms with Gasteiger partial charge in [0, 0.05) is 12.2 Å². The highest BCUT2D eigenvalue weighted by Crippen LogP contribution is 2.35. The third kappa shape index (κ3) is 5.90. The van der Waals surface area contributed by atoms with Crippen molar-refractivity contribution < 1.29 is 9.53 Å². The summed E-state index contributed by atoms with van der Waals surface area (Å²) in [6.45, 7) is 6.21. The monoisotopic (exact) mass is 412 g/mol. The number of carbonyl (C=O) groups excluding carboxylic acids is 1. The van der Waals surface area contributed by atoms with Crippen molar-refractivity contribution in [2.45, 2.75) is 39.2 Å². The number of Topliss-reactive ketones (excluding diaryl/α,β-unsaturated/α-hetero) is 1. The molecule has 2 heterocycles. The van der Waals surface area contributed by atoms with E-state index in [0.717, 1.165) is 29.7 Å². The van der Waals surface area contributed by atoms with Crippen LogP contribution in [0.25, 0.3) is 0 Å². The van der Waals surface area contributed by atoms with Crippen LogP contribution in [0.1, 0.15) is 48.8 Å². The lowest BCUT2D eigenvalue weighted by atomic mass is 9.88. The molecule has 0 radical (unpaired) electrons. The third-order valence-electron chi connectivity index (χ3n) is 4.60. The van der Waals surface area contributed by atoms with Gasteiger partial charge in [0.2, 0.25) is 5.88 Å². The maximum atomic E-state index is 12.6. The van der Waals surface area contributed by atoms with Gasteiger partial charge < -0.3 is 10.5 Å². The van der Waals surface area contributed by atoms with Crippen molar-refractivity contribution in [3.8, 4) is 5.88 Å². The van der Waals surface area contributed by atoms with E-state index in [-0.39, 0.29) is 25.2 Å². The Morgan fingerprint density at radius 3 is 2.90 bits per heavy atom. The minimum atomic E-state index is -0.349. The molecule has 2 N–H and O–H groups in total. The van der Waals surface area contributed by atoms with Crippen molar-refractivity contribution >= 4 is 22.7 Å². The number of nitrogens with zero attached hydrogens (tertiary/aromatic N) is 3. The van der Waals surface area contributed by atoms with Crippen molar-refractivity contribution in [3.63, 3.8) is 0 Å². The maximum absolute atomic E-state index is 12.6. The molecule has 0 bridgehead atoms. The van der Waals surface area contributed by atoms with Crippen molar-refractivity contribution in [2.75, 3.05) is 12.4 Å². The largest absolute Gasteiger partial charge is 0.476 e. The predicted octanol–water partition coefficient (Wildman–Crippen LogP) is 4.16. The second kappa shape index (κ2) is 10.2. The average molecular weight is 413 g/mol. The van der Waals surface area contributed by atoms with E-state index in [9.17, 15) is 4.79 Å². The van der Waals surface area contributed by atoms with E-state index in [0.29, 0.717) is 23.3 Å². The minimum absolute atomic E-state index is 0. The molecule has 154 valence electrons. The Kier molecular flexibility index (Phi) is 7.96. The first-order valence-electron chi connectivity index (χ1n) is 9.17. The van der Waals surface area contributed by atoms with Gasteiger partial charge in [0.1, 0.15) is 5.69 Å². The molecule has 2 aromatic rings. The Morgan fingerprint density at radius 2 is 2.21 bits per heavy atom. The van der Waals surface area contributed by atoms with Gasteiger partial charge in [-0.2, -0.15) is 0 Å². The Bertz CT molecular complexity index is 883. The number of aliphatic imine (C=N–C) groups is 1. The molecule has 0 amide bonds. The molecule has 0 spiro atoms. The lowest BCUT2D eigenvalue weighted by molar-refractivity contribution is 0.0987. The summed E-state index contributed by atoms with van der Waals surface area (Å²) in [7, 11) is 0. The van der Waals surface area contributed by atoms with Crippen molar-refractivity contribution in [3.05, 3.63) is 66.1 Å². The Hall–Kier alpha value is -2.67. The predicted molar refractivity (Wildman–Crippen MR) is 120 cm³/mol. The van der Waals surface area contributed by atoms with Gasteiger partial charge in [0.05, 0.1) is 24.5 Å². The molecule has 29 heavy (non-hydrogen) atoms. The van der Waals surface area contributed by atoms with E-state index in [2.05, 4.69) is 28.5 Å².